The maximum absolute atomic E-state index is 13.5. The molecule has 27 heavy (non-hydrogen) atoms. The highest BCUT2D eigenvalue weighted by molar-refractivity contribution is 5.81. The van der Waals surface area contributed by atoms with Crippen molar-refractivity contribution in [3.63, 3.8) is 0 Å². The summed E-state index contributed by atoms with van der Waals surface area (Å²) >= 11 is 0. The van der Waals surface area contributed by atoms with Crippen LogP contribution in [0.1, 0.15) is 25.5 Å². The van der Waals surface area contributed by atoms with Gasteiger partial charge in [-0.15, -0.1) is 6.42 Å². The predicted molar refractivity (Wildman–Crippen MR) is 85.0 cm³/mol. The molecule has 0 amide bonds. The summed E-state index contributed by atoms with van der Waals surface area (Å²) in [6.45, 7) is 0. The lowest BCUT2D eigenvalue weighted by atomic mass is 10.1. The van der Waals surface area contributed by atoms with E-state index < -0.39 is 49.0 Å². The minimum absolute atomic E-state index is 0.00206. The third-order valence-corrected chi connectivity index (χ3v) is 3.92. The molecule has 4 N–H and O–H groups in total. The standard InChI is InChI=1S/C15H14FN5O6/c1-2-15(27-10(25)4-3-9(23)24)7(22)5-8(26-15)21-6-18-11-12(17)19-14(16)20-13(11)21/h1,6-8,22H,3-5H2,(H,23,24)(H2,17,19,20)/t7-,8+,15+/m0/s1. The van der Waals surface area contributed by atoms with Gasteiger partial charge in [0.1, 0.15) is 12.3 Å². The molecule has 1 saturated heterocycles. The number of carbonyl (C=O) groups excluding carboxylic acids is 1. The van der Waals surface area contributed by atoms with E-state index >= 15 is 0 Å². The number of hydrogen-bond donors (Lipinski definition) is 3. The van der Waals surface area contributed by atoms with Crippen molar-refractivity contribution in [2.45, 2.75) is 37.4 Å². The third kappa shape index (κ3) is 3.37. The van der Waals surface area contributed by atoms with Gasteiger partial charge in [-0.1, -0.05) is 0 Å². The number of carbonyl (C=O) groups is 2. The van der Waals surface area contributed by atoms with E-state index in [1.165, 1.54) is 10.9 Å². The van der Waals surface area contributed by atoms with E-state index in [0.29, 0.717) is 0 Å². The molecule has 3 rings (SSSR count). The Morgan fingerprint density at radius 2 is 2.26 bits per heavy atom. The number of nitrogens with two attached hydrogens (primary N) is 1. The van der Waals surface area contributed by atoms with E-state index in [4.69, 9.17) is 26.7 Å². The highest BCUT2D eigenvalue weighted by Crippen LogP contribution is 2.39. The number of aliphatic carboxylic acids is 1. The summed E-state index contributed by atoms with van der Waals surface area (Å²) in [4.78, 5) is 33.3. The second kappa shape index (κ2) is 6.78. The highest BCUT2D eigenvalue weighted by Gasteiger charge is 2.51. The molecule has 1 aliphatic heterocycles. The summed E-state index contributed by atoms with van der Waals surface area (Å²) in [5, 5.41) is 18.9. The van der Waals surface area contributed by atoms with Crippen molar-refractivity contribution < 1.29 is 33.7 Å². The van der Waals surface area contributed by atoms with Crippen LogP contribution in [0.5, 0.6) is 0 Å². The maximum atomic E-state index is 13.5. The van der Waals surface area contributed by atoms with Crippen molar-refractivity contribution in [3.05, 3.63) is 12.4 Å². The third-order valence-electron chi connectivity index (χ3n) is 3.92. The molecule has 3 atom stereocenters. The smallest absolute Gasteiger partial charge is 0.312 e. The number of aliphatic hydroxyl groups excluding tert-OH is 1. The summed E-state index contributed by atoms with van der Waals surface area (Å²) in [6, 6.07) is 0. The molecule has 0 spiro atoms. The fourth-order valence-electron chi connectivity index (χ4n) is 2.65. The van der Waals surface area contributed by atoms with Crippen LogP contribution in [-0.4, -0.2) is 53.6 Å². The number of imidazole rings is 1. The Balaban J connectivity index is 1.86. The first-order valence-corrected chi connectivity index (χ1v) is 7.68. The van der Waals surface area contributed by atoms with Gasteiger partial charge in [-0.05, 0) is 5.92 Å². The van der Waals surface area contributed by atoms with E-state index in [1.54, 1.807) is 0 Å². The van der Waals surface area contributed by atoms with Crippen LogP contribution in [0.15, 0.2) is 6.33 Å². The largest absolute Gasteiger partial charge is 0.481 e. The topological polar surface area (TPSA) is 163 Å². The number of aliphatic hydroxyl groups is 1. The molecule has 2 aromatic rings. The Bertz CT molecular complexity index is 956. The quantitative estimate of drug-likeness (QED) is 0.353. The van der Waals surface area contributed by atoms with E-state index in [2.05, 4.69) is 20.9 Å². The van der Waals surface area contributed by atoms with Crippen molar-refractivity contribution in [2.75, 3.05) is 5.73 Å². The number of esters is 1. The lowest BCUT2D eigenvalue weighted by Crippen LogP contribution is -2.42. The molecule has 11 nitrogen and oxygen atoms in total. The van der Waals surface area contributed by atoms with Crippen molar-refractivity contribution in [3.8, 4) is 12.3 Å². The molecule has 0 unspecified atom stereocenters. The van der Waals surface area contributed by atoms with Gasteiger partial charge >= 0.3 is 23.8 Å². The maximum Gasteiger partial charge on any atom is 0.312 e. The van der Waals surface area contributed by atoms with Gasteiger partial charge in [0.25, 0.3) is 0 Å². The van der Waals surface area contributed by atoms with Gasteiger partial charge in [0.2, 0.25) is 0 Å². The number of hydrogen-bond acceptors (Lipinski definition) is 9. The summed E-state index contributed by atoms with van der Waals surface area (Å²) < 4.78 is 25.3. The zero-order chi connectivity index (χ0) is 19.8. The summed E-state index contributed by atoms with van der Waals surface area (Å²) in [7, 11) is 0. The molecule has 0 radical (unpaired) electrons. The predicted octanol–water partition coefficient (Wildman–Crippen LogP) is -0.435. The fraction of sp³-hybridized carbons (Fsp3) is 0.400. The van der Waals surface area contributed by atoms with Gasteiger partial charge in [-0.25, -0.2) is 4.98 Å². The van der Waals surface area contributed by atoms with Gasteiger partial charge in [-0.3, -0.25) is 14.2 Å². The van der Waals surface area contributed by atoms with Gasteiger partial charge in [0.05, 0.1) is 19.2 Å². The van der Waals surface area contributed by atoms with Crippen LogP contribution >= 0.6 is 0 Å². The number of rotatable bonds is 5. The van der Waals surface area contributed by atoms with Crippen LogP contribution in [0.2, 0.25) is 0 Å². The number of anilines is 1. The van der Waals surface area contributed by atoms with Crippen LogP contribution in [-0.2, 0) is 19.1 Å². The zero-order valence-corrected chi connectivity index (χ0v) is 13.7. The van der Waals surface area contributed by atoms with Crippen molar-refractivity contribution in [1.82, 2.24) is 19.5 Å². The van der Waals surface area contributed by atoms with Gasteiger partial charge in [0.15, 0.2) is 17.0 Å². The lowest BCUT2D eigenvalue weighted by Gasteiger charge is -2.26. The van der Waals surface area contributed by atoms with Crippen molar-refractivity contribution >= 4 is 28.9 Å². The zero-order valence-electron chi connectivity index (χ0n) is 13.7. The van der Waals surface area contributed by atoms with Crippen LogP contribution < -0.4 is 5.73 Å². The Morgan fingerprint density at radius 3 is 2.93 bits per heavy atom. The molecule has 1 fully saturated rings. The van der Waals surface area contributed by atoms with E-state index in [1.807, 2.05) is 0 Å². The summed E-state index contributed by atoms with van der Waals surface area (Å²) in [5.41, 5.74) is 5.71. The Morgan fingerprint density at radius 1 is 1.52 bits per heavy atom. The van der Waals surface area contributed by atoms with Crippen LogP contribution in [0, 0.1) is 18.4 Å². The summed E-state index contributed by atoms with van der Waals surface area (Å²) in [6.07, 6.45) is 2.06. The SMILES string of the molecule is C#C[C@]1(OC(=O)CCC(=O)O)O[C@@H](n2cnc3c(N)nc(F)nc32)C[C@@H]1O. The molecule has 12 heteroatoms. The number of ether oxygens (including phenoxy) is 2. The number of aromatic nitrogens is 4. The first kappa shape index (κ1) is 18.5. The number of fused-ring (bicyclic) bond motifs is 1. The molecule has 0 aliphatic carbocycles. The average Bonchev–Trinajstić information content (AvgIpc) is 3.15. The summed E-state index contributed by atoms with van der Waals surface area (Å²) in [5.74, 6) is -2.39. The molecule has 0 saturated carbocycles. The minimum atomic E-state index is -2.13. The highest BCUT2D eigenvalue weighted by atomic mass is 19.1. The number of terminal acetylenes is 1. The van der Waals surface area contributed by atoms with Crippen LogP contribution in [0.4, 0.5) is 10.2 Å². The molecule has 2 aromatic heterocycles. The van der Waals surface area contributed by atoms with Gasteiger partial charge in [-0.2, -0.15) is 14.4 Å². The van der Waals surface area contributed by atoms with Gasteiger partial charge < -0.3 is 25.4 Å². The second-order valence-corrected chi connectivity index (χ2v) is 5.71. The van der Waals surface area contributed by atoms with Crippen LogP contribution in [0.3, 0.4) is 0 Å². The number of carboxylic acids is 1. The number of halogens is 1. The minimum Gasteiger partial charge on any atom is -0.481 e. The van der Waals surface area contributed by atoms with Crippen molar-refractivity contribution in [1.29, 1.82) is 0 Å². The monoisotopic (exact) mass is 379 g/mol. The molecule has 3 heterocycles. The van der Waals surface area contributed by atoms with E-state index in [9.17, 15) is 19.1 Å². The molecular formula is C15H14FN5O6. The Labute approximate surface area is 150 Å². The average molecular weight is 379 g/mol. The molecular weight excluding hydrogens is 365 g/mol. The van der Waals surface area contributed by atoms with Crippen LogP contribution in [0.25, 0.3) is 11.2 Å². The molecule has 0 bridgehead atoms. The van der Waals surface area contributed by atoms with E-state index in [0.717, 1.165) is 0 Å². The number of carboxylic acid groups (broad SMARTS) is 1. The normalized spacial score (nSPS) is 24.6. The first-order chi connectivity index (χ1) is 12.8. The van der Waals surface area contributed by atoms with E-state index in [-0.39, 0.29) is 23.4 Å². The van der Waals surface area contributed by atoms with Crippen molar-refractivity contribution in [2.24, 2.45) is 0 Å². The Kier molecular flexibility index (Phi) is 4.64. The molecule has 1 aliphatic rings. The van der Waals surface area contributed by atoms with Gasteiger partial charge in [0, 0.05) is 6.42 Å². The fourth-order valence-corrected chi connectivity index (χ4v) is 2.65. The Hall–Kier alpha value is -3.30. The first-order valence-electron chi connectivity index (χ1n) is 7.68. The molecule has 142 valence electrons. The lowest BCUT2D eigenvalue weighted by molar-refractivity contribution is -0.226. The second-order valence-electron chi connectivity index (χ2n) is 5.71. The number of nitrogen functional groups attached to an aromatic ring is 1. The molecule has 0 aromatic carbocycles. The number of nitrogens with zero attached hydrogens (tertiary/aromatic N) is 4.